The van der Waals surface area contributed by atoms with Crippen LogP contribution < -0.4 is 6.15 Å². The third-order valence-corrected chi connectivity index (χ3v) is 8.87. The summed E-state index contributed by atoms with van der Waals surface area (Å²) in [6, 6.07) is 8.76. The largest absolute Gasteiger partial charge is 0.503 e. The number of carbonyl (C=O) groups is 3. The van der Waals surface area contributed by atoms with Crippen LogP contribution in [0.3, 0.4) is 0 Å². The fourth-order valence-electron chi connectivity index (χ4n) is 5.40. The van der Waals surface area contributed by atoms with Crippen LogP contribution >= 0.6 is 11.3 Å². The number of hydrogen-bond donors (Lipinski definition) is 5. The number of amides is 1. The lowest BCUT2D eigenvalue weighted by Crippen LogP contribution is -2.34. The molecule has 2 aliphatic rings. The summed E-state index contributed by atoms with van der Waals surface area (Å²) in [5.41, 5.74) is 5.19. The summed E-state index contributed by atoms with van der Waals surface area (Å²) in [6.45, 7) is 7.53. The summed E-state index contributed by atoms with van der Waals surface area (Å²) in [5, 5.41) is 31.0. The molecule has 7 N–H and O–H groups in total. The molecule has 1 aliphatic heterocycles. The van der Waals surface area contributed by atoms with Crippen molar-refractivity contribution >= 4 is 40.5 Å². The van der Waals surface area contributed by atoms with Crippen LogP contribution in [0.4, 0.5) is 14.4 Å². The molecule has 14 nitrogen and oxygen atoms in total. The maximum Gasteiger partial charge on any atom is 0.503 e. The van der Waals surface area contributed by atoms with Crippen LogP contribution in [0.25, 0.3) is 32.5 Å². The zero-order valence-corrected chi connectivity index (χ0v) is 28.8. The van der Waals surface area contributed by atoms with Gasteiger partial charge in [0.05, 0.1) is 12.2 Å². The molecule has 6 rings (SSSR count). The van der Waals surface area contributed by atoms with E-state index >= 15 is 0 Å². The van der Waals surface area contributed by atoms with Gasteiger partial charge in [-0.1, -0.05) is 12.1 Å². The van der Waals surface area contributed by atoms with E-state index in [9.17, 15) is 4.79 Å². The fourth-order valence-corrected chi connectivity index (χ4v) is 6.67. The highest BCUT2D eigenvalue weighted by Gasteiger charge is 2.28. The highest BCUT2D eigenvalue weighted by molar-refractivity contribution is 7.15. The Labute approximate surface area is 288 Å². The second-order valence-electron chi connectivity index (χ2n) is 12.5. The molecule has 49 heavy (non-hydrogen) atoms. The maximum atomic E-state index is 12.8. The molecule has 1 aliphatic carbocycles. The smallest absolute Gasteiger partial charge is 0.450 e. The summed E-state index contributed by atoms with van der Waals surface area (Å²) in [4.78, 5) is 46.9. The van der Waals surface area contributed by atoms with Crippen molar-refractivity contribution in [3.63, 3.8) is 0 Å². The first-order valence-electron chi connectivity index (χ1n) is 15.4. The van der Waals surface area contributed by atoms with E-state index in [-0.39, 0.29) is 12.2 Å². The van der Waals surface area contributed by atoms with Crippen LogP contribution in [0.2, 0.25) is 0 Å². The van der Waals surface area contributed by atoms with E-state index in [2.05, 4.69) is 34.2 Å². The molecule has 1 aromatic carbocycles. The SMILES string of the molecule is CN(Cc1nc(-c2cncc3cc(-c4ccncc4C4CC4)ccc23)sc1C1CCOCC1)C(=O)OC(C)(C)C.N.O=C(O)O.O=C(O)O. The van der Waals surface area contributed by atoms with Crippen LogP contribution in [0.15, 0.2) is 49.1 Å². The van der Waals surface area contributed by atoms with E-state index < -0.39 is 17.9 Å². The number of nitrogens with zero attached hydrogens (tertiary/aromatic N) is 4. The number of aromatic nitrogens is 3. The van der Waals surface area contributed by atoms with Crippen molar-refractivity contribution in [3.8, 4) is 21.7 Å². The molecule has 3 aromatic heterocycles. The first-order chi connectivity index (χ1) is 22.7. The van der Waals surface area contributed by atoms with Crippen molar-refractivity contribution in [2.75, 3.05) is 20.3 Å². The van der Waals surface area contributed by atoms with Gasteiger partial charge in [-0.15, -0.1) is 11.3 Å². The number of fused-ring (bicyclic) bond motifs is 1. The van der Waals surface area contributed by atoms with Gasteiger partial charge in [0.1, 0.15) is 10.6 Å². The molecule has 1 saturated heterocycles. The molecule has 1 amide bonds. The molecular weight excluding hydrogens is 654 g/mol. The summed E-state index contributed by atoms with van der Waals surface area (Å²) in [5.74, 6) is 0.990. The van der Waals surface area contributed by atoms with Gasteiger partial charge in [-0.25, -0.2) is 19.4 Å². The first kappa shape index (κ1) is 38.6. The Morgan fingerprint density at radius 1 is 0.918 bits per heavy atom. The molecule has 264 valence electrons. The van der Waals surface area contributed by atoms with E-state index in [0.717, 1.165) is 53.1 Å². The minimum Gasteiger partial charge on any atom is -0.450 e. The van der Waals surface area contributed by atoms with Crippen molar-refractivity contribution in [2.45, 2.75) is 70.4 Å². The van der Waals surface area contributed by atoms with Crippen LogP contribution in [0, 0.1) is 0 Å². The predicted molar refractivity (Wildman–Crippen MR) is 185 cm³/mol. The van der Waals surface area contributed by atoms with Crippen molar-refractivity contribution < 1.29 is 44.3 Å². The molecule has 15 heteroatoms. The van der Waals surface area contributed by atoms with Crippen LogP contribution in [0.5, 0.6) is 0 Å². The Kier molecular flexibility index (Phi) is 13.4. The van der Waals surface area contributed by atoms with E-state index in [1.165, 1.54) is 34.4 Å². The average molecular weight is 698 g/mol. The molecule has 0 unspecified atom stereocenters. The predicted octanol–water partition coefficient (Wildman–Crippen LogP) is 8.17. The van der Waals surface area contributed by atoms with Crippen molar-refractivity contribution in [2.24, 2.45) is 0 Å². The van der Waals surface area contributed by atoms with Gasteiger partial charge in [0.25, 0.3) is 0 Å². The number of pyridine rings is 2. The second-order valence-corrected chi connectivity index (χ2v) is 13.5. The molecule has 0 bridgehead atoms. The summed E-state index contributed by atoms with van der Waals surface area (Å²) in [6.07, 6.45) is 8.13. The fraction of sp³-hybridized carbons (Fsp3) is 0.412. The highest BCUT2D eigenvalue weighted by atomic mass is 32.1. The van der Waals surface area contributed by atoms with Gasteiger partial charge in [-0.05, 0) is 92.5 Å². The van der Waals surface area contributed by atoms with Crippen LogP contribution in [-0.2, 0) is 16.0 Å². The Morgan fingerprint density at radius 3 is 2.18 bits per heavy atom. The number of rotatable bonds is 6. The zero-order chi connectivity index (χ0) is 35.0. The van der Waals surface area contributed by atoms with Crippen molar-refractivity contribution in [1.82, 2.24) is 26.0 Å². The van der Waals surface area contributed by atoms with E-state index in [1.54, 1.807) is 23.3 Å². The number of hydrogen-bond acceptors (Lipinski definition) is 10. The number of carbonyl (C=O) groups excluding carboxylic acids is 1. The number of ether oxygens (including phenoxy) is 2. The minimum atomic E-state index is -1.83. The van der Waals surface area contributed by atoms with Gasteiger partial charge in [-0.3, -0.25) is 9.97 Å². The average Bonchev–Trinajstić information content (AvgIpc) is 3.79. The molecular formula is C34H43N5O9S. The first-order valence-corrected chi connectivity index (χ1v) is 16.2. The van der Waals surface area contributed by atoms with Crippen LogP contribution in [-0.4, -0.2) is 84.5 Å². The molecule has 2 fully saturated rings. The second kappa shape index (κ2) is 17.0. The Balaban J connectivity index is 0.000000654. The van der Waals surface area contributed by atoms with Crippen LogP contribution in [0.1, 0.15) is 74.4 Å². The molecule has 0 atom stereocenters. The third-order valence-electron chi connectivity index (χ3n) is 7.58. The lowest BCUT2D eigenvalue weighted by atomic mass is 9.96. The van der Waals surface area contributed by atoms with Gasteiger partial charge in [0, 0.05) is 60.9 Å². The number of benzene rings is 1. The van der Waals surface area contributed by atoms with E-state index in [0.29, 0.717) is 18.4 Å². The Hall–Kier alpha value is -4.86. The molecule has 0 spiro atoms. The van der Waals surface area contributed by atoms with E-state index in [4.69, 9.17) is 44.5 Å². The Morgan fingerprint density at radius 2 is 1.57 bits per heavy atom. The maximum absolute atomic E-state index is 12.8. The van der Waals surface area contributed by atoms with Gasteiger partial charge >= 0.3 is 18.4 Å². The summed E-state index contributed by atoms with van der Waals surface area (Å²) < 4.78 is 11.3. The normalized spacial score (nSPS) is 14.3. The monoisotopic (exact) mass is 697 g/mol. The standard InChI is InChI=1S/C32H36N4O3S.2CH2O3.H3N/c1-32(2,3)39-31(37)36(4)19-28-29(21-10-13-38-14-11-21)40-30(35-28)27-18-34-16-23-15-22(7-8-24(23)27)25-9-12-33-17-26(25)20-5-6-20;2*2-1(3)4;/h7-9,12,15-18,20-21H,5-6,10-11,13-14,19H2,1-4H3;2*(H2,2,3,4);1H3. The van der Waals surface area contributed by atoms with Gasteiger partial charge in [-0.2, -0.15) is 0 Å². The molecule has 4 heterocycles. The summed E-state index contributed by atoms with van der Waals surface area (Å²) >= 11 is 1.72. The van der Waals surface area contributed by atoms with Gasteiger partial charge < -0.3 is 41.0 Å². The highest BCUT2D eigenvalue weighted by Crippen LogP contribution is 2.45. The zero-order valence-electron chi connectivity index (χ0n) is 28.0. The van der Waals surface area contributed by atoms with Gasteiger partial charge in [0.15, 0.2) is 0 Å². The lowest BCUT2D eigenvalue weighted by molar-refractivity contribution is 0.0281. The van der Waals surface area contributed by atoms with Gasteiger partial charge in [0.2, 0.25) is 0 Å². The lowest BCUT2D eigenvalue weighted by Gasteiger charge is -2.25. The number of carboxylic acid groups (broad SMARTS) is 4. The number of thiazole rings is 1. The Bertz CT molecular complexity index is 1730. The topological polar surface area (TPSA) is 227 Å². The summed E-state index contributed by atoms with van der Waals surface area (Å²) in [7, 11) is 1.77. The van der Waals surface area contributed by atoms with Crippen molar-refractivity contribution in [3.05, 3.63) is 65.2 Å². The molecule has 4 aromatic rings. The van der Waals surface area contributed by atoms with Crippen molar-refractivity contribution in [1.29, 1.82) is 0 Å². The third kappa shape index (κ3) is 11.1. The molecule has 1 saturated carbocycles. The molecule has 0 radical (unpaired) electrons. The minimum absolute atomic E-state index is 0. The quantitative estimate of drug-likeness (QED) is 0.128. The van der Waals surface area contributed by atoms with E-state index in [1.807, 2.05) is 45.6 Å².